The molecule has 0 spiro atoms. The third-order valence-electron chi connectivity index (χ3n) is 2.97. The number of hydrogen-bond donors (Lipinski definition) is 3. The highest BCUT2D eigenvalue weighted by Gasteiger charge is 2.33. The summed E-state index contributed by atoms with van der Waals surface area (Å²) in [5.41, 5.74) is -1.01. The van der Waals surface area contributed by atoms with Crippen LogP contribution in [0.2, 0.25) is 0 Å². The van der Waals surface area contributed by atoms with Gasteiger partial charge in [0.15, 0.2) is 5.69 Å². The van der Waals surface area contributed by atoms with E-state index in [1.165, 1.54) is 0 Å². The van der Waals surface area contributed by atoms with E-state index >= 15 is 0 Å². The summed E-state index contributed by atoms with van der Waals surface area (Å²) in [6.45, 7) is 2.48. The van der Waals surface area contributed by atoms with Crippen molar-refractivity contribution in [1.82, 2.24) is 15.3 Å². The van der Waals surface area contributed by atoms with Crippen molar-refractivity contribution in [3.8, 4) is 0 Å². The van der Waals surface area contributed by atoms with Crippen molar-refractivity contribution >= 4 is 17.7 Å². The van der Waals surface area contributed by atoms with Crippen LogP contribution in [-0.4, -0.2) is 35.0 Å². The Morgan fingerprint density at radius 3 is 2.71 bits per heavy atom. The molecule has 0 bridgehead atoms. The molecule has 3 N–H and O–H groups in total. The van der Waals surface area contributed by atoms with Gasteiger partial charge < -0.3 is 16.0 Å². The zero-order valence-corrected chi connectivity index (χ0v) is 11.4. The zero-order valence-electron chi connectivity index (χ0n) is 11.4. The highest BCUT2D eigenvalue weighted by Crippen LogP contribution is 2.29. The molecule has 1 fully saturated rings. The first-order valence-electron chi connectivity index (χ1n) is 6.62. The van der Waals surface area contributed by atoms with E-state index in [1.807, 2.05) is 0 Å². The van der Waals surface area contributed by atoms with Crippen LogP contribution in [-0.2, 0) is 11.0 Å². The molecule has 0 aromatic carbocycles. The molecule has 1 aromatic rings. The van der Waals surface area contributed by atoms with Crippen LogP contribution in [0.25, 0.3) is 0 Å². The highest BCUT2D eigenvalue weighted by molar-refractivity contribution is 5.78. The maximum atomic E-state index is 12.8. The van der Waals surface area contributed by atoms with Crippen LogP contribution in [0, 0.1) is 0 Å². The molecule has 21 heavy (non-hydrogen) atoms. The van der Waals surface area contributed by atoms with E-state index in [0.29, 0.717) is 25.9 Å². The Balaban J connectivity index is 2.10. The van der Waals surface area contributed by atoms with E-state index in [0.717, 1.165) is 6.07 Å². The number of rotatable bonds is 5. The largest absolute Gasteiger partial charge is 0.433 e. The molecule has 116 valence electrons. The number of nitrogens with zero attached hydrogens (tertiary/aromatic N) is 2. The van der Waals surface area contributed by atoms with Gasteiger partial charge in [-0.05, 0) is 13.3 Å². The first kappa shape index (κ1) is 15.3. The summed E-state index contributed by atoms with van der Waals surface area (Å²) < 4.78 is 38.3. The van der Waals surface area contributed by atoms with Crippen LogP contribution in [0.1, 0.15) is 25.5 Å². The molecule has 2 heterocycles. The van der Waals surface area contributed by atoms with E-state index < -0.39 is 11.9 Å². The summed E-state index contributed by atoms with van der Waals surface area (Å²) in [5, 5.41) is 8.20. The number of hydrogen-bond acceptors (Lipinski definition) is 5. The lowest BCUT2D eigenvalue weighted by atomic mass is 10.2. The summed E-state index contributed by atoms with van der Waals surface area (Å²) in [4.78, 5) is 18.5. The molecule has 1 unspecified atom stereocenters. The molecule has 1 atom stereocenters. The molecule has 1 aliphatic heterocycles. The second-order valence-electron chi connectivity index (χ2n) is 4.67. The Labute approximate surface area is 119 Å². The standard InChI is InChI=1S/C12H16F3N5O/c1-2-16-11-19-8(12(13,14)15)5-9(20-11)17-6-7-3-4-10(21)18-7/h5,7H,2-4,6H2,1H3,(H,18,21)(H2,16,17,19,20). The van der Waals surface area contributed by atoms with Gasteiger partial charge in [-0.25, -0.2) is 4.98 Å². The van der Waals surface area contributed by atoms with Crippen molar-refractivity contribution in [1.29, 1.82) is 0 Å². The molecule has 1 amide bonds. The summed E-state index contributed by atoms with van der Waals surface area (Å²) in [5.74, 6) is -0.0477. The molecule has 2 rings (SSSR count). The van der Waals surface area contributed by atoms with Gasteiger partial charge >= 0.3 is 6.18 Å². The molecule has 0 saturated carbocycles. The summed E-state index contributed by atoms with van der Waals surface area (Å²) >= 11 is 0. The van der Waals surface area contributed by atoms with Crippen LogP contribution >= 0.6 is 0 Å². The highest BCUT2D eigenvalue weighted by atomic mass is 19.4. The van der Waals surface area contributed by atoms with Crippen molar-refractivity contribution in [3.63, 3.8) is 0 Å². The Morgan fingerprint density at radius 2 is 2.14 bits per heavy atom. The normalized spacial score (nSPS) is 18.5. The minimum absolute atomic E-state index is 0.0474. The van der Waals surface area contributed by atoms with Gasteiger partial charge in [-0.3, -0.25) is 4.79 Å². The van der Waals surface area contributed by atoms with Gasteiger partial charge in [0.25, 0.3) is 0 Å². The van der Waals surface area contributed by atoms with E-state index in [4.69, 9.17) is 0 Å². The average molecular weight is 303 g/mol. The van der Waals surface area contributed by atoms with Crippen LogP contribution in [0.15, 0.2) is 6.07 Å². The van der Waals surface area contributed by atoms with Crippen LogP contribution in [0.5, 0.6) is 0 Å². The van der Waals surface area contributed by atoms with Gasteiger partial charge in [-0.1, -0.05) is 0 Å². The van der Waals surface area contributed by atoms with Gasteiger partial charge in [0.2, 0.25) is 11.9 Å². The minimum atomic E-state index is -4.54. The fraction of sp³-hybridized carbons (Fsp3) is 0.583. The monoisotopic (exact) mass is 303 g/mol. The Bertz CT molecular complexity index is 520. The summed E-state index contributed by atoms with van der Waals surface area (Å²) in [6.07, 6.45) is -3.44. The van der Waals surface area contributed by atoms with E-state index in [1.54, 1.807) is 6.92 Å². The third-order valence-corrected chi connectivity index (χ3v) is 2.97. The molecule has 6 nitrogen and oxygen atoms in total. The predicted octanol–water partition coefficient (Wildman–Crippen LogP) is 1.62. The predicted molar refractivity (Wildman–Crippen MR) is 70.9 cm³/mol. The Kier molecular flexibility index (Phi) is 4.49. The maximum Gasteiger partial charge on any atom is 0.433 e. The summed E-state index contributed by atoms with van der Waals surface area (Å²) in [7, 11) is 0. The van der Waals surface area contributed by atoms with Crippen molar-refractivity contribution in [2.45, 2.75) is 32.0 Å². The van der Waals surface area contributed by atoms with E-state index in [2.05, 4.69) is 25.9 Å². The van der Waals surface area contributed by atoms with Crippen LogP contribution in [0.3, 0.4) is 0 Å². The molecule has 1 aliphatic rings. The quantitative estimate of drug-likeness (QED) is 0.770. The van der Waals surface area contributed by atoms with E-state index in [9.17, 15) is 18.0 Å². The Hall–Kier alpha value is -2.06. The second kappa shape index (κ2) is 6.15. The number of nitrogens with one attached hydrogen (secondary N) is 3. The van der Waals surface area contributed by atoms with Gasteiger partial charge in [-0.15, -0.1) is 0 Å². The van der Waals surface area contributed by atoms with Crippen LogP contribution in [0.4, 0.5) is 24.9 Å². The SMILES string of the molecule is CCNc1nc(NCC2CCC(=O)N2)cc(C(F)(F)F)n1. The first-order chi connectivity index (χ1) is 9.88. The lowest BCUT2D eigenvalue weighted by Crippen LogP contribution is -2.32. The number of carbonyl (C=O) groups is 1. The van der Waals surface area contributed by atoms with Crippen molar-refractivity contribution < 1.29 is 18.0 Å². The van der Waals surface area contributed by atoms with Gasteiger partial charge in [0.05, 0.1) is 0 Å². The number of halogens is 3. The number of carbonyl (C=O) groups excluding carboxylic acids is 1. The van der Waals surface area contributed by atoms with Gasteiger partial charge in [0.1, 0.15) is 5.82 Å². The second-order valence-corrected chi connectivity index (χ2v) is 4.67. The zero-order chi connectivity index (χ0) is 15.5. The topological polar surface area (TPSA) is 78.9 Å². The molecule has 0 aliphatic carbocycles. The smallest absolute Gasteiger partial charge is 0.368 e. The van der Waals surface area contributed by atoms with Crippen molar-refractivity contribution in [3.05, 3.63) is 11.8 Å². The lowest BCUT2D eigenvalue weighted by molar-refractivity contribution is -0.141. The van der Waals surface area contributed by atoms with Gasteiger partial charge in [0, 0.05) is 31.6 Å². The molecular formula is C12H16F3N5O. The van der Waals surface area contributed by atoms with Crippen molar-refractivity contribution in [2.75, 3.05) is 23.7 Å². The summed E-state index contributed by atoms with van der Waals surface area (Å²) in [6, 6.07) is 0.766. The van der Waals surface area contributed by atoms with Crippen LogP contribution < -0.4 is 16.0 Å². The molecule has 9 heteroatoms. The minimum Gasteiger partial charge on any atom is -0.368 e. The fourth-order valence-corrected chi connectivity index (χ4v) is 1.98. The number of alkyl halides is 3. The maximum absolute atomic E-state index is 12.8. The molecular weight excluding hydrogens is 287 g/mol. The third kappa shape index (κ3) is 4.20. The molecule has 0 radical (unpaired) electrons. The number of aromatic nitrogens is 2. The van der Waals surface area contributed by atoms with Gasteiger partial charge in [-0.2, -0.15) is 18.2 Å². The number of amides is 1. The first-order valence-corrected chi connectivity index (χ1v) is 6.62. The molecule has 1 aromatic heterocycles. The lowest BCUT2D eigenvalue weighted by Gasteiger charge is -2.14. The average Bonchev–Trinajstić information content (AvgIpc) is 2.81. The Morgan fingerprint density at radius 1 is 1.38 bits per heavy atom. The fourth-order valence-electron chi connectivity index (χ4n) is 1.98. The van der Waals surface area contributed by atoms with Crippen molar-refractivity contribution in [2.24, 2.45) is 0 Å². The molecule has 1 saturated heterocycles. The number of anilines is 2. The van der Waals surface area contributed by atoms with E-state index in [-0.39, 0.29) is 23.7 Å².